The van der Waals surface area contributed by atoms with Gasteiger partial charge in [0.05, 0.1) is 11.3 Å². The monoisotopic (exact) mass is 261 g/mol. The highest BCUT2D eigenvalue weighted by Gasteiger charge is 2.39. The summed E-state index contributed by atoms with van der Waals surface area (Å²) in [6, 6.07) is 1.46. The third-order valence-electron chi connectivity index (χ3n) is 4.58. The second kappa shape index (κ2) is 4.72. The van der Waals surface area contributed by atoms with Gasteiger partial charge >= 0.3 is 5.97 Å². The van der Waals surface area contributed by atoms with Crippen molar-refractivity contribution in [3.8, 4) is 0 Å². The van der Waals surface area contributed by atoms with Crippen LogP contribution in [0.3, 0.4) is 0 Å². The summed E-state index contributed by atoms with van der Waals surface area (Å²) in [4.78, 5) is 14.9. The minimum atomic E-state index is -1.00. The number of aromatic carboxylic acids is 1. The van der Waals surface area contributed by atoms with Crippen molar-refractivity contribution in [1.29, 1.82) is 0 Å². The summed E-state index contributed by atoms with van der Waals surface area (Å²) in [5, 5.41) is 12.1. The molecule has 5 heteroatoms. The zero-order chi connectivity index (χ0) is 13.4. The van der Waals surface area contributed by atoms with Crippen molar-refractivity contribution in [3.63, 3.8) is 0 Å². The number of nitrogens with two attached hydrogens (primary N) is 1. The van der Waals surface area contributed by atoms with Gasteiger partial charge in [0.2, 0.25) is 0 Å². The van der Waals surface area contributed by atoms with Gasteiger partial charge in [0.25, 0.3) is 0 Å². The molecule has 0 aliphatic heterocycles. The molecule has 4 N–H and O–H groups in total. The van der Waals surface area contributed by atoms with Gasteiger partial charge in [-0.3, -0.25) is 0 Å². The SMILES string of the molecule is Nc1cc(C(=O)O)cnc1NCC1CC2CCC1C2. The number of carboxylic acid groups (broad SMARTS) is 1. The molecule has 2 saturated carbocycles. The molecular weight excluding hydrogens is 242 g/mol. The number of carboxylic acids is 1. The van der Waals surface area contributed by atoms with Crippen molar-refractivity contribution in [2.75, 3.05) is 17.6 Å². The highest BCUT2D eigenvalue weighted by atomic mass is 16.4. The first-order chi connectivity index (χ1) is 9.13. The van der Waals surface area contributed by atoms with Crippen LogP contribution in [0.4, 0.5) is 11.5 Å². The number of anilines is 2. The Morgan fingerprint density at radius 3 is 2.89 bits per heavy atom. The molecule has 3 unspecified atom stereocenters. The normalized spacial score (nSPS) is 28.5. The predicted molar refractivity (Wildman–Crippen MR) is 73.0 cm³/mol. The van der Waals surface area contributed by atoms with Gasteiger partial charge in [0.15, 0.2) is 0 Å². The lowest BCUT2D eigenvalue weighted by Crippen LogP contribution is -2.21. The Balaban J connectivity index is 1.62. The zero-order valence-corrected chi connectivity index (χ0v) is 10.8. The fourth-order valence-corrected chi connectivity index (χ4v) is 3.60. The van der Waals surface area contributed by atoms with Crippen LogP contribution < -0.4 is 11.1 Å². The molecule has 0 radical (unpaired) electrons. The molecule has 0 saturated heterocycles. The highest BCUT2D eigenvalue weighted by Crippen LogP contribution is 2.48. The van der Waals surface area contributed by atoms with E-state index < -0.39 is 5.97 Å². The Morgan fingerprint density at radius 2 is 2.32 bits per heavy atom. The molecular formula is C14H19N3O2. The van der Waals surface area contributed by atoms with E-state index in [0.29, 0.717) is 11.5 Å². The van der Waals surface area contributed by atoms with Crippen molar-refractivity contribution in [2.24, 2.45) is 17.8 Å². The largest absolute Gasteiger partial charge is 0.478 e. The van der Waals surface area contributed by atoms with E-state index in [1.54, 1.807) is 0 Å². The lowest BCUT2D eigenvalue weighted by Gasteiger charge is -2.22. The average Bonchev–Trinajstić information content (AvgIpc) is 2.99. The Kier molecular flexibility index (Phi) is 3.05. The molecule has 2 bridgehead atoms. The Morgan fingerprint density at radius 1 is 1.47 bits per heavy atom. The number of nitrogen functional groups attached to an aromatic ring is 1. The second-order valence-electron chi connectivity index (χ2n) is 5.78. The smallest absolute Gasteiger partial charge is 0.337 e. The first-order valence-corrected chi connectivity index (χ1v) is 6.86. The van der Waals surface area contributed by atoms with Crippen LogP contribution in [0.2, 0.25) is 0 Å². The minimum absolute atomic E-state index is 0.128. The number of hydrogen-bond donors (Lipinski definition) is 3. The third-order valence-corrected chi connectivity index (χ3v) is 4.58. The summed E-state index contributed by atoms with van der Waals surface area (Å²) in [5.41, 5.74) is 6.36. The molecule has 3 atom stereocenters. The van der Waals surface area contributed by atoms with Gasteiger partial charge < -0.3 is 16.2 Å². The number of fused-ring (bicyclic) bond motifs is 2. The van der Waals surface area contributed by atoms with E-state index in [2.05, 4.69) is 10.3 Å². The number of hydrogen-bond acceptors (Lipinski definition) is 4. The van der Waals surface area contributed by atoms with E-state index >= 15 is 0 Å². The molecule has 2 fully saturated rings. The molecule has 0 amide bonds. The van der Waals surface area contributed by atoms with Crippen LogP contribution in [0.5, 0.6) is 0 Å². The number of nitrogens with one attached hydrogen (secondary N) is 1. The van der Waals surface area contributed by atoms with Crippen LogP contribution in [0.15, 0.2) is 12.3 Å². The Labute approximate surface area is 112 Å². The lowest BCUT2D eigenvalue weighted by molar-refractivity contribution is 0.0696. The lowest BCUT2D eigenvalue weighted by atomic mass is 9.89. The molecule has 0 aromatic carbocycles. The van der Waals surface area contributed by atoms with Crippen molar-refractivity contribution in [2.45, 2.75) is 25.7 Å². The van der Waals surface area contributed by atoms with Crippen LogP contribution in [0, 0.1) is 17.8 Å². The van der Waals surface area contributed by atoms with E-state index in [1.165, 1.54) is 37.9 Å². The molecule has 2 aliphatic rings. The Bertz CT molecular complexity index is 503. The molecule has 5 nitrogen and oxygen atoms in total. The number of rotatable bonds is 4. The van der Waals surface area contributed by atoms with Gasteiger partial charge in [-0.1, -0.05) is 6.42 Å². The highest BCUT2D eigenvalue weighted by molar-refractivity contribution is 5.89. The van der Waals surface area contributed by atoms with E-state index in [0.717, 1.165) is 24.3 Å². The topological polar surface area (TPSA) is 88.2 Å². The molecule has 1 aromatic heterocycles. The van der Waals surface area contributed by atoms with Gasteiger partial charge in [-0.2, -0.15) is 0 Å². The van der Waals surface area contributed by atoms with Crippen molar-refractivity contribution in [3.05, 3.63) is 17.8 Å². The molecule has 102 valence electrons. The molecule has 1 heterocycles. The second-order valence-corrected chi connectivity index (χ2v) is 5.78. The Hall–Kier alpha value is -1.78. The molecule has 2 aliphatic carbocycles. The van der Waals surface area contributed by atoms with Crippen LogP contribution in [-0.4, -0.2) is 22.6 Å². The van der Waals surface area contributed by atoms with Gasteiger partial charge in [0, 0.05) is 12.7 Å². The van der Waals surface area contributed by atoms with E-state index in [-0.39, 0.29) is 5.56 Å². The quantitative estimate of drug-likeness (QED) is 0.773. The third kappa shape index (κ3) is 2.37. The molecule has 0 spiro atoms. The fraction of sp³-hybridized carbons (Fsp3) is 0.571. The summed E-state index contributed by atoms with van der Waals surface area (Å²) in [6.45, 7) is 0.894. The fourth-order valence-electron chi connectivity index (χ4n) is 3.60. The first-order valence-electron chi connectivity index (χ1n) is 6.86. The molecule has 3 rings (SSSR count). The van der Waals surface area contributed by atoms with Crippen molar-refractivity contribution >= 4 is 17.5 Å². The van der Waals surface area contributed by atoms with E-state index in [1.807, 2.05) is 0 Å². The molecule has 19 heavy (non-hydrogen) atoms. The van der Waals surface area contributed by atoms with Crippen LogP contribution >= 0.6 is 0 Å². The van der Waals surface area contributed by atoms with Gasteiger partial charge in [0.1, 0.15) is 5.82 Å². The van der Waals surface area contributed by atoms with Gasteiger partial charge in [-0.25, -0.2) is 9.78 Å². The minimum Gasteiger partial charge on any atom is -0.478 e. The number of nitrogens with zero attached hydrogens (tertiary/aromatic N) is 1. The summed E-state index contributed by atoms with van der Waals surface area (Å²) in [6.07, 6.45) is 6.80. The number of pyridine rings is 1. The predicted octanol–water partition coefficient (Wildman–Crippen LogP) is 2.21. The van der Waals surface area contributed by atoms with Gasteiger partial charge in [-0.05, 0) is 43.1 Å². The summed E-state index contributed by atoms with van der Waals surface area (Å²) >= 11 is 0. The van der Waals surface area contributed by atoms with E-state index in [9.17, 15) is 4.79 Å². The van der Waals surface area contributed by atoms with Crippen LogP contribution in [0.25, 0.3) is 0 Å². The van der Waals surface area contributed by atoms with Crippen LogP contribution in [0.1, 0.15) is 36.0 Å². The standard InChI is InChI=1S/C14H19N3O2/c15-12-5-11(14(18)19)7-17-13(12)16-6-10-4-8-1-2-9(10)3-8/h5,7-10H,1-4,6,15H2,(H,16,17)(H,18,19). The van der Waals surface area contributed by atoms with Crippen LogP contribution in [-0.2, 0) is 0 Å². The van der Waals surface area contributed by atoms with Gasteiger partial charge in [-0.15, -0.1) is 0 Å². The maximum Gasteiger partial charge on any atom is 0.337 e. The van der Waals surface area contributed by atoms with Crippen molar-refractivity contribution in [1.82, 2.24) is 4.98 Å². The number of carbonyl (C=O) groups is 1. The zero-order valence-electron chi connectivity index (χ0n) is 10.8. The maximum absolute atomic E-state index is 10.8. The number of aromatic nitrogens is 1. The maximum atomic E-state index is 10.8. The average molecular weight is 261 g/mol. The van der Waals surface area contributed by atoms with E-state index in [4.69, 9.17) is 10.8 Å². The molecule has 1 aromatic rings. The summed E-state index contributed by atoms with van der Waals surface area (Å²) < 4.78 is 0. The summed E-state index contributed by atoms with van der Waals surface area (Å²) in [5.74, 6) is 2.11. The first kappa shape index (κ1) is 12.3. The summed E-state index contributed by atoms with van der Waals surface area (Å²) in [7, 11) is 0. The van der Waals surface area contributed by atoms with Crippen molar-refractivity contribution < 1.29 is 9.90 Å².